The van der Waals surface area contributed by atoms with Gasteiger partial charge in [0.05, 0.1) is 0 Å². The highest BCUT2D eigenvalue weighted by atomic mass is 16.2. The van der Waals surface area contributed by atoms with Gasteiger partial charge in [0.15, 0.2) is 5.82 Å². The van der Waals surface area contributed by atoms with Crippen LogP contribution in [0.3, 0.4) is 0 Å². The van der Waals surface area contributed by atoms with Crippen molar-refractivity contribution in [3.05, 3.63) is 52.2 Å². The zero-order chi connectivity index (χ0) is 20.5. The first-order valence-corrected chi connectivity index (χ1v) is 9.99. The summed E-state index contributed by atoms with van der Waals surface area (Å²) in [6.07, 6.45) is 5.50. The quantitative estimate of drug-likeness (QED) is 0.734. The van der Waals surface area contributed by atoms with Crippen LogP contribution < -0.4 is 15.9 Å². The van der Waals surface area contributed by atoms with Crippen molar-refractivity contribution >= 4 is 23.1 Å². The number of hydrogen-bond donors (Lipinski definition) is 1. The summed E-state index contributed by atoms with van der Waals surface area (Å²) in [6, 6.07) is 5.74. The van der Waals surface area contributed by atoms with Gasteiger partial charge in [0.25, 0.3) is 0 Å². The molecule has 1 aromatic carbocycles. The lowest BCUT2D eigenvalue weighted by Crippen LogP contribution is -2.35. The average Bonchev–Trinajstić information content (AvgIpc) is 3.01. The molecule has 8 heteroatoms. The molecule has 2 aromatic heterocycles. The molecule has 0 saturated carbocycles. The molecule has 0 spiro atoms. The average molecular weight is 394 g/mol. The van der Waals surface area contributed by atoms with Gasteiger partial charge in [-0.1, -0.05) is 19.1 Å². The zero-order valence-electron chi connectivity index (χ0n) is 17.1. The van der Waals surface area contributed by atoms with Crippen LogP contribution in [0.25, 0.3) is 5.65 Å². The molecule has 1 N–H and O–H groups in total. The fraction of sp³-hybridized carbons (Fsp3) is 0.429. The van der Waals surface area contributed by atoms with E-state index in [-0.39, 0.29) is 18.1 Å². The van der Waals surface area contributed by atoms with E-state index >= 15 is 0 Å². The van der Waals surface area contributed by atoms with Crippen LogP contribution in [-0.2, 0) is 11.3 Å². The van der Waals surface area contributed by atoms with Gasteiger partial charge < -0.3 is 10.2 Å². The van der Waals surface area contributed by atoms with Gasteiger partial charge in [0.2, 0.25) is 11.6 Å². The number of anilines is 2. The number of aromatic nitrogens is 4. The second kappa shape index (κ2) is 7.69. The number of benzene rings is 1. The van der Waals surface area contributed by atoms with E-state index in [0.29, 0.717) is 17.4 Å². The molecule has 0 unspecified atom stereocenters. The molecule has 3 aromatic rings. The number of fused-ring (bicyclic) bond motifs is 1. The third-order valence-electron chi connectivity index (χ3n) is 5.61. The van der Waals surface area contributed by atoms with Gasteiger partial charge >= 0.3 is 5.69 Å². The van der Waals surface area contributed by atoms with Crippen LogP contribution in [0.5, 0.6) is 0 Å². The lowest BCUT2D eigenvalue weighted by molar-refractivity contribution is -0.117. The van der Waals surface area contributed by atoms with Crippen LogP contribution in [0.1, 0.15) is 30.9 Å². The second-order valence-electron chi connectivity index (χ2n) is 7.87. The molecule has 4 rings (SSSR count). The molecule has 1 amide bonds. The Hall–Kier alpha value is -3.16. The molecule has 0 bridgehead atoms. The molecule has 0 aliphatic carbocycles. The van der Waals surface area contributed by atoms with E-state index in [1.54, 1.807) is 12.4 Å². The molecular weight excluding hydrogens is 368 g/mol. The van der Waals surface area contributed by atoms with Gasteiger partial charge in [-0.15, -0.1) is 5.10 Å². The summed E-state index contributed by atoms with van der Waals surface area (Å²) >= 11 is 0. The first-order valence-electron chi connectivity index (χ1n) is 9.99. The molecule has 1 aliphatic heterocycles. The molecule has 1 fully saturated rings. The van der Waals surface area contributed by atoms with Crippen molar-refractivity contribution in [1.29, 1.82) is 0 Å². The second-order valence-corrected chi connectivity index (χ2v) is 7.87. The van der Waals surface area contributed by atoms with E-state index in [1.165, 1.54) is 15.5 Å². The van der Waals surface area contributed by atoms with Crippen molar-refractivity contribution in [1.82, 2.24) is 19.2 Å². The van der Waals surface area contributed by atoms with Crippen molar-refractivity contribution in [2.45, 2.75) is 40.2 Å². The Labute approximate surface area is 169 Å². The van der Waals surface area contributed by atoms with Crippen LogP contribution in [0.2, 0.25) is 0 Å². The predicted octanol–water partition coefficient (Wildman–Crippen LogP) is 2.38. The summed E-state index contributed by atoms with van der Waals surface area (Å²) in [4.78, 5) is 32.0. The summed E-state index contributed by atoms with van der Waals surface area (Å²) in [5.74, 6) is 0.984. The van der Waals surface area contributed by atoms with Gasteiger partial charge in [-0.3, -0.25) is 4.79 Å². The number of carbonyl (C=O) groups excluding carboxylic acids is 1. The molecule has 29 heavy (non-hydrogen) atoms. The summed E-state index contributed by atoms with van der Waals surface area (Å²) in [6.45, 7) is 7.80. The molecule has 152 valence electrons. The number of rotatable bonds is 4. The number of carbonyl (C=O) groups is 1. The lowest BCUT2D eigenvalue weighted by atomic mass is 10.0. The maximum atomic E-state index is 12.8. The molecular formula is C21H26N6O2. The molecule has 1 saturated heterocycles. The number of amides is 1. The minimum absolute atomic E-state index is 0.149. The number of nitrogens with zero attached hydrogens (tertiary/aromatic N) is 5. The molecule has 0 radical (unpaired) electrons. The monoisotopic (exact) mass is 394 g/mol. The van der Waals surface area contributed by atoms with Crippen LogP contribution in [0, 0.1) is 19.8 Å². The highest BCUT2D eigenvalue weighted by Gasteiger charge is 2.22. The maximum absolute atomic E-state index is 12.8. The molecule has 8 nitrogen and oxygen atoms in total. The zero-order valence-corrected chi connectivity index (χ0v) is 17.1. The third-order valence-corrected chi connectivity index (χ3v) is 5.61. The van der Waals surface area contributed by atoms with Gasteiger partial charge in [-0.05, 0) is 49.8 Å². The maximum Gasteiger partial charge on any atom is 0.350 e. The number of nitrogens with one attached hydrogen (secondary N) is 1. The Balaban J connectivity index is 1.60. The van der Waals surface area contributed by atoms with Crippen molar-refractivity contribution in [3.8, 4) is 0 Å². The molecule has 1 atom stereocenters. The summed E-state index contributed by atoms with van der Waals surface area (Å²) in [7, 11) is 0. The SMILES string of the molecule is Cc1cccc(NC(=O)Cn2nc3c(N4CCC[C@H](C)C4)nccn3c2=O)c1C. The third kappa shape index (κ3) is 3.74. The van der Waals surface area contributed by atoms with Crippen molar-refractivity contribution in [3.63, 3.8) is 0 Å². The summed E-state index contributed by atoms with van der Waals surface area (Å²) < 4.78 is 2.67. The van der Waals surface area contributed by atoms with Crippen LogP contribution in [-0.4, -0.2) is 38.2 Å². The van der Waals surface area contributed by atoms with Crippen molar-refractivity contribution in [2.24, 2.45) is 5.92 Å². The van der Waals surface area contributed by atoms with E-state index in [9.17, 15) is 9.59 Å². The van der Waals surface area contributed by atoms with E-state index in [4.69, 9.17) is 0 Å². The van der Waals surface area contributed by atoms with Crippen molar-refractivity contribution < 1.29 is 4.79 Å². The fourth-order valence-corrected chi connectivity index (χ4v) is 3.86. The van der Waals surface area contributed by atoms with Gasteiger partial charge in [0, 0.05) is 31.2 Å². The Morgan fingerprint density at radius 1 is 1.31 bits per heavy atom. The summed E-state index contributed by atoms with van der Waals surface area (Å²) in [5, 5.41) is 7.32. The predicted molar refractivity (Wildman–Crippen MR) is 112 cm³/mol. The topological polar surface area (TPSA) is 84.5 Å². The smallest absolute Gasteiger partial charge is 0.350 e. The Kier molecular flexibility index (Phi) is 5.08. The van der Waals surface area contributed by atoms with E-state index in [0.717, 1.165) is 36.3 Å². The highest BCUT2D eigenvalue weighted by molar-refractivity contribution is 5.91. The highest BCUT2D eigenvalue weighted by Crippen LogP contribution is 2.23. The van der Waals surface area contributed by atoms with Gasteiger partial charge in [-0.25, -0.2) is 18.9 Å². The Morgan fingerprint density at radius 3 is 2.93 bits per heavy atom. The molecule has 1 aliphatic rings. The Morgan fingerprint density at radius 2 is 2.14 bits per heavy atom. The number of aryl methyl sites for hydroxylation is 1. The minimum atomic E-state index is -0.343. The standard InChI is InChI=1S/C21H26N6O2/c1-14-6-5-10-25(12-14)19-20-24-27(21(29)26(20)11-9-22-19)13-18(28)23-17-8-4-7-15(2)16(17)3/h4,7-9,11,14H,5-6,10,12-13H2,1-3H3,(H,23,28)/t14-/m0/s1. The van der Waals surface area contributed by atoms with Crippen LogP contribution in [0.15, 0.2) is 35.4 Å². The van der Waals surface area contributed by atoms with E-state index in [1.807, 2.05) is 32.0 Å². The lowest BCUT2D eigenvalue weighted by Gasteiger charge is -2.31. The van der Waals surface area contributed by atoms with Crippen molar-refractivity contribution in [2.75, 3.05) is 23.3 Å². The van der Waals surface area contributed by atoms with Crippen LogP contribution in [0.4, 0.5) is 11.5 Å². The normalized spacial score (nSPS) is 16.9. The molecule has 3 heterocycles. The van der Waals surface area contributed by atoms with E-state index in [2.05, 4.69) is 27.2 Å². The number of piperidine rings is 1. The van der Waals surface area contributed by atoms with Gasteiger partial charge in [0.1, 0.15) is 6.54 Å². The first kappa shape index (κ1) is 19.2. The first-order chi connectivity index (χ1) is 13.9. The fourth-order valence-electron chi connectivity index (χ4n) is 3.86. The summed E-state index contributed by atoms with van der Waals surface area (Å²) in [5.41, 5.74) is 3.00. The van der Waals surface area contributed by atoms with E-state index < -0.39 is 0 Å². The minimum Gasteiger partial charge on any atom is -0.353 e. The largest absolute Gasteiger partial charge is 0.353 e. The number of hydrogen-bond acceptors (Lipinski definition) is 5. The van der Waals surface area contributed by atoms with Crippen LogP contribution >= 0.6 is 0 Å². The van der Waals surface area contributed by atoms with Gasteiger partial charge in [-0.2, -0.15) is 0 Å². The Bertz CT molecular complexity index is 1120.